The van der Waals surface area contributed by atoms with Crippen molar-refractivity contribution in [3.8, 4) is 0 Å². The number of fused-ring (bicyclic) bond motifs is 1. The molecule has 2 aromatic heterocycles. The summed E-state index contributed by atoms with van der Waals surface area (Å²) in [5, 5.41) is 8.14. The number of nitrogens with zero attached hydrogens (tertiary/aromatic N) is 4. The molecule has 0 bridgehead atoms. The van der Waals surface area contributed by atoms with Crippen molar-refractivity contribution < 1.29 is 0 Å². The highest BCUT2D eigenvalue weighted by Crippen LogP contribution is 2.31. The van der Waals surface area contributed by atoms with Gasteiger partial charge in [0, 0.05) is 30.4 Å². The molecule has 1 aromatic carbocycles. The highest BCUT2D eigenvalue weighted by Gasteiger charge is 2.18. The minimum Gasteiger partial charge on any atom is -0.356 e. The van der Waals surface area contributed by atoms with Crippen LogP contribution in [0.2, 0.25) is 0 Å². The molecule has 0 atom stereocenters. The van der Waals surface area contributed by atoms with Gasteiger partial charge in [-0.05, 0) is 49.8 Å². The Balaban J connectivity index is 2.06. The van der Waals surface area contributed by atoms with E-state index in [1.165, 1.54) is 11.1 Å². The lowest BCUT2D eigenvalue weighted by Crippen LogP contribution is -2.28. The number of hydrogen-bond donors (Lipinski definition) is 1. The third-order valence-corrected chi connectivity index (χ3v) is 5.20. The molecule has 0 aliphatic rings. The topological polar surface area (TPSA) is 45.5 Å². The first-order valence-corrected chi connectivity index (χ1v) is 10.4. The molecule has 3 rings (SSSR count). The second-order valence-corrected chi connectivity index (χ2v) is 7.85. The van der Waals surface area contributed by atoms with Gasteiger partial charge >= 0.3 is 0 Å². The summed E-state index contributed by atoms with van der Waals surface area (Å²) < 4.78 is 1.97. The lowest BCUT2D eigenvalue weighted by atomic mass is 10.0. The molecular formula is C23H33N5. The molecule has 5 nitrogen and oxygen atoms in total. The normalized spacial score (nSPS) is 11.4. The average molecular weight is 380 g/mol. The van der Waals surface area contributed by atoms with Gasteiger partial charge in [-0.15, -0.1) is 0 Å². The minimum absolute atomic E-state index is 0.527. The van der Waals surface area contributed by atoms with Crippen LogP contribution in [-0.4, -0.2) is 27.7 Å². The number of nitrogens with one attached hydrogen (secondary N) is 1. The number of aromatic nitrogens is 3. The Bertz CT molecular complexity index is 936. The zero-order chi connectivity index (χ0) is 20.3. The van der Waals surface area contributed by atoms with Crippen LogP contribution in [0, 0.1) is 13.8 Å². The van der Waals surface area contributed by atoms with Gasteiger partial charge in [0.2, 0.25) is 0 Å². The average Bonchev–Trinajstić information content (AvgIpc) is 3.11. The van der Waals surface area contributed by atoms with Crippen LogP contribution in [-0.2, 0) is 0 Å². The molecule has 0 aliphatic heterocycles. The molecular weight excluding hydrogens is 346 g/mol. The van der Waals surface area contributed by atoms with Gasteiger partial charge in [0.05, 0.1) is 6.20 Å². The summed E-state index contributed by atoms with van der Waals surface area (Å²) in [6.45, 7) is 15.2. The Morgan fingerprint density at radius 1 is 1.07 bits per heavy atom. The fraction of sp³-hybridized carbons (Fsp3) is 0.478. The van der Waals surface area contributed by atoms with E-state index in [0.29, 0.717) is 5.92 Å². The van der Waals surface area contributed by atoms with Gasteiger partial charge < -0.3 is 10.2 Å². The first-order chi connectivity index (χ1) is 13.5. The number of rotatable bonds is 8. The van der Waals surface area contributed by atoms with Crippen LogP contribution in [0.15, 0.2) is 30.5 Å². The quantitative estimate of drug-likeness (QED) is 0.534. The summed E-state index contributed by atoms with van der Waals surface area (Å²) in [7, 11) is 0. The van der Waals surface area contributed by atoms with Crippen molar-refractivity contribution in [1.82, 2.24) is 14.6 Å². The van der Waals surface area contributed by atoms with Gasteiger partial charge in [-0.3, -0.25) is 0 Å². The lowest BCUT2D eigenvalue weighted by molar-refractivity contribution is 0.712. The van der Waals surface area contributed by atoms with Gasteiger partial charge in [-0.1, -0.05) is 39.8 Å². The second kappa shape index (κ2) is 8.63. The molecule has 5 heteroatoms. The van der Waals surface area contributed by atoms with E-state index in [1.807, 2.05) is 16.8 Å². The number of benzene rings is 1. The molecule has 150 valence electrons. The van der Waals surface area contributed by atoms with Gasteiger partial charge in [0.25, 0.3) is 0 Å². The summed E-state index contributed by atoms with van der Waals surface area (Å²) in [4.78, 5) is 7.28. The van der Waals surface area contributed by atoms with Crippen molar-refractivity contribution in [2.24, 2.45) is 0 Å². The summed E-state index contributed by atoms with van der Waals surface area (Å²) >= 11 is 0. The molecule has 0 aliphatic carbocycles. The summed E-state index contributed by atoms with van der Waals surface area (Å²) in [6, 6.07) is 8.61. The maximum absolute atomic E-state index is 4.85. The Kier molecular flexibility index (Phi) is 6.22. The number of aryl methyl sites for hydroxylation is 1. The van der Waals surface area contributed by atoms with Crippen molar-refractivity contribution in [2.45, 2.75) is 60.3 Å². The highest BCUT2D eigenvalue weighted by molar-refractivity contribution is 5.71. The van der Waals surface area contributed by atoms with E-state index in [9.17, 15) is 0 Å². The van der Waals surface area contributed by atoms with Crippen molar-refractivity contribution in [2.75, 3.05) is 23.3 Å². The summed E-state index contributed by atoms with van der Waals surface area (Å²) in [5.74, 6) is 2.57. The first kappa shape index (κ1) is 20.2. The largest absolute Gasteiger partial charge is 0.356 e. The SMILES string of the molecule is CCCN(CCC)c1c(C)c(Nc2ccc(C(C)C)cc2C)nc2ccnn12. The second-order valence-electron chi connectivity index (χ2n) is 7.85. The van der Waals surface area contributed by atoms with Gasteiger partial charge in [0.15, 0.2) is 5.65 Å². The maximum Gasteiger partial charge on any atom is 0.159 e. The molecule has 0 radical (unpaired) electrons. The highest BCUT2D eigenvalue weighted by atomic mass is 15.4. The minimum atomic E-state index is 0.527. The van der Waals surface area contributed by atoms with Crippen molar-refractivity contribution >= 4 is 23.0 Å². The van der Waals surface area contributed by atoms with Crippen LogP contribution in [0.4, 0.5) is 17.3 Å². The van der Waals surface area contributed by atoms with Crippen molar-refractivity contribution in [3.63, 3.8) is 0 Å². The Hall–Kier alpha value is -2.56. The molecule has 1 N–H and O–H groups in total. The molecule has 3 aromatic rings. The van der Waals surface area contributed by atoms with Gasteiger partial charge in [-0.25, -0.2) is 4.98 Å². The smallest absolute Gasteiger partial charge is 0.159 e. The Morgan fingerprint density at radius 3 is 2.39 bits per heavy atom. The Labute approximate surface area is 168 Å². The van der Waals surface area contributed by atoms with E-state index in [1.54, 1.807) is 0 Å². The number of hydrogen-bond acceptors (Lipinski definition) is 4. The zero-order valence-electron chi connectivity index (χ0n) is 18.1. The lowest BCUT2D eigenvalue weighted by Gasteiger charge is -2.27. The molecule has 0 spiro atoms. The predicted octanol–water partition coefficient (Wildman–Crippen LogP) is 5.84. The van der Waals surface area contributed by atoms with E-state index in [0.717, 1.165) is 54.5 Å². The first-order valence-electron chi connectivity index (χ1n) is 10.4. The fourth-order valence-electron chi connectivity index (χ4n) is 3.68. The monoisotopic (exact) mass is 379 g/mol. The molecule has 0 saturated heterocycles. The van der Waals surface area contributed by atoms with E-state index in [-0.39, 0.29) is 0 Å². The maximum atomic E-state index is 4.85. The zero-order valence-corrected chi connectivity index (χ0v) is 18.1. The third-order valence-electron chi connectivity index (χ3n) is 5.20. The van der Waals surface area contributed by atoms with Crippen LogP contribution in [0.3, 0.4) is 0 Å². The van der Waals surface area contributed by atoms with Crippen LogP contribution < -0.4 is 10.2 Å². The van der Waals surface area contributed by atoms with Gasteiger partial charge in [-0.2, -0.15) is 9.61 Å². The van der Waals surface area contributed by atoms with E-state index < -0.39 is 0 Å². The molecule has 28 heavy (non-hydrogen) atoms. The van der Waals surface area contributed by atoms with Gasteiger partial charge in [0.1, 0.15) is 11.6 Å². The molecule has 0 amide bonds. The van der Waals surface area contributed by atoms with E-state index in [2.05, 4.69) is 75.1 Å². The summed E-state index contributed by atoms with van der Waals surface area (Å²) in [5.41, 5.74) is 5.70. The van der Waals surface area contributed by atoms with E-state index in [4.69, 9.17) is 4.98 Å². The van der Waals surface area contributed by atoms with Crippen molar-refractivity contribution in [1.29, 1.82) is 0 Å². The van der Waals surface area contributed by atoms with Crippen LogP contribution in [0.25, 0.3) is 5.65 Å². The molecule has 0 unspecified atom stereocenters. The van der Waals surface area contributed by atoms with Crippen LogP contribution >= 0.6 is 0 Å². The summed E-state index contributed by atoms with van der Waals surface area (Å²) in [6.07, 6.45) is 4.03. The molecule has 0 fully saturated rings. The standard InChI is InChI=1S/C23H33N5/c1-7-13-27(14-8-2)23-18(6)22(26-21-11-12-24-28(21)23)25-20-10-9-19(16(3)4)15-17(20)5/h9-12,15-16H,7-8,13-14H2,1-6H3,(H,25,26). The van der Waals surface area contributed by atoms with Crippen molar-refractivity contribution in [3.05, 3.63) is 47.2 Å². The molecule has 2 heterocycles. The van der Waals surface area contributed by atoms with Crippen LogP contribution in [0.1, 0.15) is 63.1 Å². The third kappa shape index (κ3) is 3.98. The van der Waals surface area contributed by atoms with Crippen LogP contribution in [0.5, 0.6) is 0 Å². The fourth-order valence-corrected chi connectivity index (χ4v) is 3.68. The predicted molar refractivity (Wildman–Crippen MR) is 119 cm³/mol. The number of anilines is 3. The Morgan fingerprint density at radius 2 is 1.79 bits per heavy atom. The molecule has 0 saturated carbocycles. The van der Waals surface area contributed by atoms with E-state index >= 15 is 0 Å².